The lowest BCUT2D eigenvalue weighted by atomic mass is 10.1. The summed E-state index contributed by atoms with van der Waals surface area (Å²) in [7, 11) is 0. The van der Waals surface area contributed by atoms with Crippen molar-refractivity contribution in [3.8, 4) is 5.75 Å². The number of unbranched alkanes of at least 4 members (excludes halogenated alkanes) is 1. The Labute approximate surface area is 152 Å². The quantitative estimate of drug-likeness (QED) is 0.336. The summed E-state index contributed by atoms with van der Waals surface area (Å²) in [6.07, 6.45) is 7.66. The third kappa shape index (κ3) is 4.89. The van der Waals surface area contributed by atoms with Crippen molar-refractivity contribution >= 4 is 12.2 Å². The van der Waals surface area contributed by atoms with Gasteiger partial charge in [0.1, 0.15) is 11.4 Å². The third-order valence-corrected chi connectivity index (χ3v) is 4.50. The van der Waals surface area contributed by atoms with Gasteiger partial charge in [-0.3, -0.25) is 4.90 Å². The molecular formula is C18H24N6O2. The topological polar surface area (TPSA) is 98.0 Å². The van der Waals surface area contributed by atoms with Gasteiger partial charge in [0.05, 0.1) is 6.21 Å². The number of rotatable bonds is 7. The summed E-state index contributed by atoms with van der Waals surface area (Å²) in [5.41, 5.74) is 1.19. The second-order valence-electron chi connectivity index (χ2n) is 6.29. The summed E-state index contributed by atoms with van der Waals surface area (Å²) >= 11 is 0. The van der Waals surface area contributed by atoms with E-state index in [4.69, 9.17) is 5.21 Å². The number of nitrogens with zero attached hydrogens (tertiary/aromatic N) is 6. The molecule has 0 aliphatic carbocycles. The van der Waals surface area contributed by atoms with Gasteiger partial charge >= 0.3 is 0 Å². The highest BCUT2D eigenvalue weighted by Crippen LogP contribution is 2.15. The Morgan fingerprint density at radius 1 is 1.08 bits per heavy atom. The highest BCUT2D eigenvalue weighted by molar-refractivity contribution is 5.80. The molecule has 1 aliphatic heterocycles. The molecule has 1 saturated heterocycles. The van der Waals surface area contributed by atoms with Gasteiger partial charge in [-0.15, -0.1) is 0 Å². The molecule has 138 valence electrons. The van der Waals surface area contributed by atoms with Gasteiger partial charge in [-0.1, -0.05) is 5.16 Å². The first-order chi connectivity index (χ1) is 12.8. The molecule has 2 aromatic heterocycles. The molecule has 1 aliphatic rings. The molecule has 3 heterocycles. The first-order valence-electron chi connectivity index (χ1n) is 8.87. The minimum absolute atomic E-state index is 0.0202. The number of aryl methyl sites for hydroxylation is 1. The number of anilines is 1. The highest BCUT2D eigenvalue weighted by Gasteiger charge is 2.18. The monoisotopic (exact) mass is 356 g/mol. The molecule has 2 N–H and O–H groups in total. The van der Waals surface area contributed by atoms with Crippen molar-refractivity contribution in [1.29, 1.82) is 0 Å². The zero-order valence-corrected chi connectivity index (χ0v) is 14.7. The summed E-state index contributed by atoms with van der Waals surface area (Å²) in [6, 6.07) is 5.23. The number of pyridine rings is 1. The van der Waals surface area contributed by atoms with Gasteiger partial charge in [0.2, 0.25) is 5.95 Å². The van der Waals surface area contributed by atoms with Crippen LogP contribution in [0.1, 0.15) is 24.2 Å². The Kier molecular flexibility index (Phi) is 6.32. The van der Waals surface area contributed by atoms with Gasteiger partial charge < -0.3 is 15.2 Å². The van der Waals surface area contributed by atoms with Crippen LogP contribution in [0.5, 0.6) is 5.75 Å². The Bertz CT molecular complexity index is 717. The van der Waals surface area contributed by atoms with E-state index in [1.807, 2.05) is 12.1 Å². The number of oxime groups is 1. The molecule has 8 nitrogen and oxygen atoms in total. The van der Waals surface area contributed by atoms with E-state index in [1.54, 1.807) is 18.5 Å². The maximum atomic E-state index is 9.63. The number of piperazine rings is 1. The average Bonchev–Trinajstić information content (AvgIpc) is 2.69. The lowest BCUT2D eigenvalue weighted by Crippen LogP contribution is -2.47. The van der Waals surface area contributed by atoms with Crippen molar-refractivity contribution in [2.24, 2.45) is 5.16 Å². The van der Waals surface area contributed by atoms with Crippen molar-refractivity contribution < 1.29 is 10.3 Å². The molecule has 0 saturated carbocycles. The van der Waals surface area contributed by atoms with E-state index in [9.17, 15) is 5.11 Å². The molecule has 1 fully saturated rings. The predicted molar refractivity (Wildman–Crippen MR) is 98.9 cm³/mol. The van der Waals surface area contributed by atoms with Crippen molar-refractivity contribution in [3.63, 3.8) is 0 Å². The van der Waals surface area contributed by atoms with Crippen molar-refractivity contribution in [1.82, 2.24) is 19.9 Å². The van der Waals surface area contributed by atoms with E-state index < -0.39 is 0 Å². The number of aromatic hydroxyl groups is 1. The Morgan fingerprint density at radius 2 is 1.85 bits per heavy atom. The first-order valence-corrected chi connectivity index (χ1v) is 8.87. The van der Waals surface area contributed by atoms with Gasteiger partial charge in [-0.2, -0.15) is 0 Å². The van der Waals surface area contributed by atoms with Crippen LogP contribution in [0.4, 0.5) is 5.95 Å². The molecule has 0 bridgehead atoms. The maximum Gasteiger partial charge on any atom is 0.225 e. The first kappa shape index (κ1) is 18.1. The molecule has 3 rings (SSSR count). The standard InChI is InChI=1S/C18H24N6O2/c25-17-6-5-15(22-16(17)14-21-26)4-1-2-9-23-10-12-24(13-11-23)18-19-7-3-8-20-18/h3,5-8,14,25-26H,1-2,4,9-13H2. The fourth-order valence-electron chi connectivity index (χ4n) is 3.07. The van der Waals surface area contributed by atoms with Crippen LogP contribution >= 0.6 is 0 Å². The molecule has 0 unspecified atom stereocenters. The average molecular weight is 356 g/mol. The molecule has 0 radical (unpaired) electrons. The molecule has 0 atom stereocenters. The zero-order valence-electron chi connectivity index (χ0n) is 14.7. The minimum Gasteiger partial charge on any atom is -0.506 e. The van der Waals surface area contributed by atoms with Crippen molar-refractivity contribution in [2.45, 2.75) is 19.3 Å². The van der Waals surface area contributed by atoms with Crippen LogP contribution in [0.3, 0.4) is 0 Å². The number of aromatic nitrogens is 3. The number of hydrogen-bond donors (Lipinski definition) is 2. The smallest absolute Gasteiger partial charge is 0.225 e. The van der Waals surface area contributed by atoms with Gasteiger partial charge in [0.15, 0.2) is 0 Å². The van der Waals surface area contributed by atoms with E-state index in [2.05, 4.69) is 29.9 Å². The van der Waals surface area contributed by atoms with Crippen LogP contribution in [0, 0.1) is 0 Å². The van der Waals surface area contributed by atoms with E-state index in [0.717, 1.165) is 69.8 Å². The highest BCUT2D eigenvalue weighted by atomic mass is 16.4. The van der Waals surface area contributed by atoms with Gasteiger partial charge in [0, 0.05) is 44.3 Å². The molecule has 2 aromatic rings. The third-order valence-electron chi connectivity index (χ3n) is 4.50. The summed E-state index contributed by atoms with van der Waals surface area (Å²) in [4.78, 5) is 17.6. The van der Waals surface area contributed by atoms with Crippen molar-refractivity contribution in [3.05, 3.63) is 42.0 Å². The van der Waals surface area contributed by atoms with Gasteiger partial charge in [0.25, 0.3) is 0 Å². The Hall–Kier alpha value is -2.74. The van der Waals surface area contributed by atoms with E-state index in [-0.39, 0.29) is 5.75 Å². The van der Waals surface area contributed by atoms with Crippen LogP contribution in [-0.2, 0) is 6.42 Å². The predicted octanol–water partition coefficient (Wildman–Crippen LogP) is 1.53. The molecular weight excluding hydrogens is 332 g/mol. The van der Waals surface area contributed by atoms with Crippen LogP contribution in [0.15, 0.2) is 35.7 Å². The lowest BCUT2D eigenvalue weighted by Gasteiger charge is -2.34. The fraction of sp³-hybridized carbons (Fsp3) is 0.444. The van der Waals surface area contributed by atoms with Gasteiger partial charge in [-0.05, 0) is 44.0 Å². The van der Waals surface area contributed by atoms with E-state index in [0.29, 0.717) is 5.69 Å². The van der Waals surface area contributed by atoms with E-state index in [1.165, 1.54) is 0 Å². The second kappa shape index (κ2) is 9.10. The zero-order chi connectivity index (χ0) is 18.2. The lowest BCUT2D eigenvalue weighted by molar-refractivity contribution is 0.252. The summed E-state index contributed by atoms with van der Waals surface area (Å²) in [5.74, 6) is 0.833. The molecule has 26 heavy (non-hydrogen) atoms. The van der Waals surface area contributed by atoms with Crippen molar-refractivity contribution in [2.75, 3.05) is 37.6 Å². The fourth-order valence-corrected chi connectivity index (χ4v) is 3.07. The van der Waals surface area contributed by atoms with E-state index >= 15 is 0 Å². The van der Waals surface area contributed by atoms with Crippen LogP contribution < -0.4 is 4.90 Å². The summed E-state index contributed by atoms with van der Waals surface area (Å²) in [6.45, 7) is 5.01. The normalized spacial score (nSPS) is 15.6. The molecule has 0 spiro atoms. The van der Waals surface area contributed by atoms with Crippen LogP contribution in [0.25, 0.3) is 0 Å². The Balaban J connectivity index is 1.38. The van der Waals surface area contributed by atoms with Gasteiger partial charge in [-0.25, -0.2) is 15.0 Å². The molecule has 0 amide bonds. The maximum absolute atomic E-state index is 9.63. The molecule has 0 aromatic carbocycles. The van der Waals surface area contributed by atoms with Crippen LogP contribution in [-0.4, -0.2) is 69.1 Å². The minimum atomic E-state index is 0.0202. The largest absolute Gasteiger partial charge is 0.506 e. The number of hydrogen-bond acceptors (Lipinski definition) is 8. The molecule has 8 heteroatoms. The van der Waals surface area contributed by atoms with Crippen LogP contribution in [0.2, 0.25) is 0 Å². The SMILES string of the molecule is ON=Cc1nc(CCCCN2CCN(c3ncccn3)CC2)ccc1O. The second-order valence-corrected chi connectivity index (χ2v) is 6.29. The Morgan fingerprint density at radius 3 is 2.58 bits per heavy atom. The summed E-state index contributed by atoms with van der Waals surface area (Å²) < 4.78 is 0. The summed E-state index contributed by atoms with van der Waals surface area (Å²) in [5, 5.41) is 21.1.